The predicted octanol–water partition coefficient (Wildman–Crippen LogP) is 6.12. The SMILES string of the molecule is O=C(c1cc(Br)cnc1Cl)C(Br)c1cccc(Cl)c1Cl. The zero-order valence-electron chi connectivity index (χ0n) is 9.71. The van der Waals surface area contributed by atoms with Gasteiger partial charge in [-0.25, -0.2) is 4.98 Å². The van der Waals surface area contributed by atoms with Gasteiger partial charge >= 0.3 is 0 Å². The maximum atomic E-state index is 12.5. The minimum atomic E-state index is -0.651. The third-order valence-corrected chi connectivity index (χ3v) is 5.03. The molecule has 1 atom stereocenters. The van der Waals surface area contributed by atoms with Crippen molar-refractivity contribution in [3.05, 3.63) is 61.3 Å². The fourth-order valence-electron chi connectivity index (χ4n) is 1.59. The molecule has 20 heavy (non-hydrogen) atoms. The van der Waals surface area contributed by atoms with Crippen LogP contribution in [0, 0.1) is 0 Å². The van der Waals surface area contributed by atoms with Crippen molar-refractivity contribution in [2.45, 2.75) is 4.83 Å². The first-order valence-corrected chi connectivity index (χ1v) is 8.19. The Morgan fingerprint density at radius 1 is 1.25 bits per heavy atom. The van der Waals surface area contributed by atoms with E-state index in [1.807, 2.05) is 0 Å². The van der Waals surface area contributed by atoms with E-state index in [-0.39, 0.29) is 10.9 Å². The van der Waals surface area contributed by atoms with Crippen LogP contribution in [0.3, 0.4) is 0 Å². The fourth-order valence-corrected chi connectivity index (χ4v) is 3.29. The third-order valence-electron chi connectivity index (χ3n) is 2.56. The molecule has 1 unspecified atom stereocenters. The van der Waals surface area contributed by atoms with Gasteiger partial charge in [0.15, 0.2) is 5.78 Å². The van der Waals surface area contributed by atoms with Gasteiger partial charge in [0.2, 0.25) is 0 Å². The van der Waals surface area contributed by atoms with Crippen LogP contribution in [0.2, 0.25) is 15.2 Å². The van der Waals surface area contributed by atoms with E-state index >= 15 is 0 Å². The predicted molar refractivity (Wildman–Crippen MR) is 89.4 cm³/mol. The molecule has 0 aliphatic carbocycles. The van der Waals surface area contributed by atoms with Crippen LogP contribution in [0.1, 0.15) is 20.7 Å². The van der Waals surface area contributed by atoms with Gasteiger partial charge in [0.25, 0.3) is 0 Å². The minimum absolute atomic E-state index is 0.140. The summed E-state index contributed by atoms with van der Waals surface area (Å²) in [4.78, 5) is 15.8. The molecule has 0 aliphatic heterocycles. The molecule has 0 aliphatic rings. The van der Waals surface area contributed by atoms with E-state index in [0.717, 1.165) is 0 Å². The molecule has 0 spiro atoms. The lowest BCUT2D eigenvalue weighted by molar-refractivity contribution is 0.0991. The summed E-state index contributed by atoms with van der Waals surface area (Å²) in [5, 5.41) is 0.865. The number of pyridine rings is 1. The van der Waals surface area contributed by atoms with Crippen LogP contribution in [-0.4, -0.2) is 10.8 Å². The lowest BCUT2D eigenvalue weighted by atomic mass is 10.0. The number of hydrogen-bond acceptors (Lipinski definition) is 2. The fraction of sp³-hybridized carbons (Fsp3) is 0.0769. The van der Waals surface area contributed by atoms with Gasteiger partial charge in [-0.2, -0.15) is 0 Å². The standard InChI is InChI=1S/C13H6Br2Cl3NO/c14-6-4-8(13(18)19-5-6)12(20)10(15)7-2-1-3-9(16)11(7)17/h1-5,10H. The Kier molecular flexibility index (Phi) is 5.49. The molecule has 0 saturated carbocycles. The lowest BCUT2D eigenvalue weighted by Gasteiger charge is -2.12. The van der Waals surface area contributed by atoms with Crippen molar-refractivity contribution in [1.29, 1.82) is 0 Å². The normalized spacial score (nSPS) is 12.2. The summed E-state index contributed by atoms with van der Waals surface area (Å²) in [6, 6.07) is 6.73. The molecular weight excluding hydrogens is 452 g/mol. The Morgan fingerprint density at radius 2 is 1.95 bits per heavy atom. The number of carbonyl (C=O) groups is 1. The molecule has 2 rings (SSSR count). The van der Waals surface area contributed by atoms with E-state index in [2.05, 4.69) is 36.8 Å². The highest BCUT2D eigenvalue weighted by Gasteiger charge is 2.24. The number of benzene rings is 1. The topological polar surface area (TPSA) is 30.0 Å². The van der Waals surface area contributed by atoms with Crippen molar-refractivity contribution in [1.82, 2.24) is 4.98 Å². The lowest BCUT2D eigenvalue weighted by Crippen LogP contribution is -2.09. The second kappa shape index (κ2) is 6.75. The quantitative estimate of drug-likeness (QED) is 0.315. The Hall–Kier alpha value is -0.130. The molecule has 104 valence electrons. The number of Topliss-reactive ketones (excluding diaryl/α,β-unsaturated/α-hetero) is 1. The van der Waals surface area contributed by atoms with Crippen molar-refractivity contribution in [3.8, 4) is 0 Å². The average molecular weight is 458 g/mol. The molecule has 2 nitrogen and oxygen atoms in total. The number of rotatable bonds is 3. The highest BCUT2D eigenvalue weighted by molar-refractivity contribution is 9.10. The van der Waals surface area contributed by atoms with Gasteiger partial charge in [0, 0.05) is 10.7 Å². The summed E-state index contributed by atoms with van der Waals surface area (Å²) in [6.07, 6.45) is 1.52. The van der Waals surface area contributed by atoms with Gasteiger partial charge in [0.1, 0.15) is 9.98 Å². The Morgan fingerprint density at radius 3 is 2.65 bits per heavy atom. The first-order chi connectivity index (χ1) is 9.41. The number of ketones is 1. The molecule has 1 aromatic heterocycles. The summed E-state index contributed by atoms with van der Waals surface area (Å²) in [6.45, 7) is 0. The van der Waals surface area contributed by atoms with E-state index in [9.17, 15) is 4.79 Å². The Labute approximate surface area is 147 Å². The first-order valence-electron chi connectivity index (χ1n) is 5.35. The number of aromatic nitrogens is 1. The Bertz CT molecular complexity index is 679. The average Bonchev–Trinajstić information content (AvgIpc) is 2.43. The summed E-state index contributed by atoms with van der Waals surface area (Å²) in [7, 11) is 0. The van der Waals surface area contributed by atoms with Gasteiger partial charge < -0.3 is 0 Å². The molecule has 1 heterocycles. The maximum absolute atomic E-state index is 12.5. The summed E-state index contributed by atoms with van der Waals surface area (Å²) in [5.74, 6) is -0.243. The number of halogens is 5. The molecule has 7 heteroatoms. The van der Waals surface area contributed by atoms with Crippen LogP contribution in [0.5, 0.6) is 0 Å². The van der Waals surface area contributed by atoms with Crippen LogP contribution in [0.25, 0.3) is 0 Å². The van der Waals surface area contributed by atoms with Gasteiger partial charge in [-0.1, -0.05) is 62.9 Å². The number of hydrogen-bond donors (Lipinski definition) is 0. The highest BCUT2D eigenvalue weighted by Crippen LogP contribution is 2.37. The molecular formula is C13H6Br2Cl3NO. The van der Waals surface area contributed by atoms with E-state index in [4.69, 9.17) is 34.8 Å². The second-order valence-corrected chi connectivity index (χ2v) is 6.84. The van der Waals surface area contributed by atoms with Crippen LogP contribution in [-0.2, 0) is 0 Å². The molecule has 0 fully saturated rings. The zero-order chi connectivity index (χ0) is 14.9. The molecule has 2 aromatic rings. The van der Waals surface area contributed by atoms with Crippen LogP contribution >= 0.6 is 66.7 Å². The van der Waals surface area contributed by atoms with E-state index in [1.54, 1.807) is 24.3 Å². The molecule has 1 aromatic carbocycles. The summed E-state index contributed by atoms with van der Waals surface area (Å²) in [5.41, 5.74) is 0.888. The van der Waals surface area contributed by atoms with Gasteiger partial charge in [-0.3, -0.25) is 4.79 Å². The molecule has 0 bridgehead atoms. The minimum Gasteiger partial charge on any atom is -0.292 e. The molecule has 0 saturated heterocycles. The second-order valence-electron chi connectivity index (χ2n) is 3.86. The first kappa shape index (κ1) is 16.2. The van der Waals surface area contributed by atoms with Crippen LogP contribution < -0.4 is 0 Å². The monoisotopic (exact) mass is 455 g/mol. The number of alkyl halides is 1. The zero-order valence-corrected chi connectivity index (χ0v) is 15.1. The van der Waals surface area contributed by atoms with Gasteiger partial charge in [0.05, 0.1) is 15.6 Å². The largest absolute Gasteiger partial charge is 0.292 e. The Balaban J connectivity index is 2.43. The van der Waals surface area contributed by atoms with Gasteiger partial charge in [-0.05, 0) is 33.6 Å². The van der Waals surface area contributed by atoms with Crippen molar-refractivity contribution in [3.63, 3.8) is 0 Å². The van der Waals surface area contributed by atoms with Crippen molar-refractivity contribution in [2.75, 3.05) is 0 Å². The number of carbonyl (C=O) groups excluding carboxylic acids is 1. The molecule has 0 radical (unpaired) electrons. The summed E-state index contributed by atoms with van der Waals surface area (Å²) < 4.78 is 0.669. The van der Waals surface area contributed by atoms with Crippen molar-refractivity contribution >= 4 is 72.4 Å². The highest BCUT2D eigenvalue weighted by atomic mass is 79.9. The van der Waals surface area contributed by atoms with Crippen molar-refractivity contribution in [2.24, 2.45) is 0 Å². The smallest absolute Gasteiger partial charge is 0.184 e. The van der Waals surface area contributed by atoms with E-state index in [1.165, 1.54) is 6.20 Å². The van der Waals surface area contributed by atoms with Crippen LogP contribution in [0.4, 0.5) is 0 Å². The number of nitrogens with zero attached hydrogens (tertiary/aromatic N) is 1. The van der Waals surface area contributed by atoms with E-state index in [0.29, 0.717) is 25.6 Å². The molecule has 0 N–H and O–H groups in total. The van der Waals surface area contributed by atoms with Crippen LogP contribution in [0.15, 0.2) is 34.9 Å². The van der Waals surface area contributed by atoms with Crippen molar-refractivity contribution < 1.29 is 4.79 Å². The maximum Gasteiger partial charge on any atom is 0.184 e. The van der Waals surface area contributed by atoms with E-state index < -0.39 is 4.83 Å². The molecule has 0 amide bonds. The summed E-state index contributed by atoms with van der Waals surface area (Å²) >= 11 is 24.6. The van der Waals surface area contributed by atoms with Gasteiger partial charge in [-0.15, -0.1) is 0 Å². The third kappa shape index (κ3) is 3.37.